The maximum Gasteiger partial charge on any atom is 0.326 e. The second-order valence-corrected chi connectivity index (χ2v) is 13.8. The van der Waals surface area contributed by atoms with Crippen molar-refractivity contribution in [3.05, 3.63) is 104 Å². The molecule has 2 atom stereocenters. The minimum Gasteiger partial charge on any atom is -0.481 e. The molecule has 0 radical (unpaired) electrons. The van der Waals surface area contributed by atoms with Crippen molar-refractivity contribution in [3.63, 3.8) is 0 Å². The van der Waals surface area contributed by atoms with Gasteiger partial charge in [-0.25, -0.2) is 29.5 Å². The fraction of sp³-hybridized carbons (Fsp3) is 0.231. The Morgan fingerprint density at radius 1 is 0.606 bits per heavy atom. The minimum absolute atomic E-state index is 0.0476. The molecular weight excluding hydrogens is 869 g/mol. The molecule has 27 heteroatoms. The SMILES string of the molecule is NCNC(=O)CCC(NC(=O)c1ccc(NCc2cnc3nc(N)[nH]c(=O)c3n2)cc1)C(=O)O.Nc1nc2ncc(CNc3ccc(C(=O)NC(CCC(=O)O)C(=O)O)cc3)nc2c(=O)[nH]1. The summed E-state index contributed by atoms with van der Waals surface area (Å²) in [5.74, 6) is -5.45. The highest BCUT2D eigenvalue weighted by atomic mass is 16.4. The Balaban J connectivity index is 0.000000248. The summed E-state index contributed by atoms with van der Waals surface area (Å²) >= 11 is 0. The summed E-state index contributed by atoms with van der Waals surface area (Å²) in [4.78, 5) is 122. The second kappa shape index (κ2) is 22.3. The quantitative estimate of drug-likeness (QED) is 0.0427. The fourth-order valence-corrected chi connectivity index (χ4v) is 5.72. The van der Waals surface area contributed by atoms with E-state index < -0.39 is 58.8 Å². The van der Waals surface area contributed by atoms with Crippen molar-refractivity contribution in [2.45, 2.75) is 50.9 Å². The van der Waals surface area contributed by atoms with E-state index in [1.165, 1.54) is 36.7 Å². The molecule has 0 saturated carbocycles. The third-order valence-electron chi connectivity index (χ3n) is 9.03. The second-order valence-electron chi connectivity index (χ2n) is 13.8. The van der Waals surface area contributed by atoms with Gasteiger partial charge in [0.15, 0.2) is 22.3 Å². The number of anilines is 4. The molecule has 6 rings (SSSR count). The zero-order chi connectivity index (χ0) is 47.9. The van der Waals surface area contributed by atoms with Gasteiger partial charge in [-0.1, -0.05) is 0 Å². The van der Waals surface area contributed by atoms with Crippen molar-refractivity contribution in [1.29, 1.82) is 0 Å². The lowest BCUT2D eigenvalue weighted by molar-refractivity contribution is -0.141. The van der Waals surface area contributed by atoms with Gasteiger partial charge in [0.2, 0.25) is 17.8 Å². The van der Waals surface area contributed by atoms with Crippen LogP contribution in [0.15, 0.2) is 70.5 Å². The number of amides is 3. The van der Waals surface area contributed by atoms with Gasteiger partial charge >= 0.3 is 17.9 Å². The van der Waals surface area contributed by atoms with Gasteiger partial charge in [0.1, 0.15) is 12.1 Å². The average molecular weight is 911 g/mol. The molecule has 16 N–H and O–H groups in total. The highest BCUT2D eigenvalue weighted by Gasteiger charge is 2.23. The number of carbonyl (C=O) groups is 6. The number of benzene rings is 2. The summed E-state index contributed by atoms with van der Waals surface area (Å²) in [6.45, 7) is 0.417. The average Bonchev–Trinajstić information content (AvgIpc) is 3.28. The molecule has 3 amide bonds. The van der Waals surface area contributed by atoms with Crippen molar-refractivity contribution >= 4 is 81.2 Å². The molecule has 66 heavy (non-hydrogen) atoms. The van der Waals surface area contributed by atoms with E-state index in [0.717, 1.165) is 0 Å². The normalized spacial score (nSPS) is 11.6. The number of aromatic amines is 2. The standard InChI is InChI=1S/C20H23N9O5.C19H19N7O6/c21-9-25-14(30)6-5-13(19(33)34)27-17(31)10-1-3-11(4-2-10)23-7-12-8-24-16-15(26-12)18(32)29-20(22)28-16;20-19-25-15-14(17(30)26-19)23-11(8-22-15)7-21-10-3-1-9(2-4-10)16(29)24-12(18(31)32)5-6-13(27)28/h1-4,8,13,23H,5-7,9,21H2,(H,25,30)(H,27,31)(H,33,34)(H3,22,24,28,29,32);1-4,8,12,21H,5-7H2,(H,24,29)(H,27,28)(H,31,32)(H3,20,22,25,26,30). The molecule has 0 aliphatic rings. The summed E-state index contributed by atoms with van der Waals surface area (Å²) in [5, 5.41) is 40.3. The van der Waals surface area contributed by atoms with Crippen LogP contribution in [0.3, 0.4) is 0 Å². The lowest BCUT2D eigenvalue weighted by Crippen LogP contribution is -2.42. The zero-order valence-corrected chi connectivity index (χ0v) is 34.4. The molecular formula is C39H42N16O11. The number of hydrogen-bond donors (Lipinski definition) is 13. The first kappa shape index (κ1) is 47.9. The van der Waals surface area contributed by atoms with Gasteiger partial charge in [-0.15, -0.1) is 0 Å². The number of nitrogens with two attached hydrogens (primary N) is 3. The van der Waals surface area contributed by atoms with Gasteiger partial charge in [0.05, 0.1) is 43.5 Å². The molecule has 344 valence electrons. The summed E-state index contributed by atoms with van der Waals surface area (Å²) in [5.41, 5.74) is 18.2. The number of nitrogens with one attached hydrogen (secondary N) is 7. The van der Waals surface area contributed by atoms with E-state index in [4.69, 9.17) is 27.4 Å². The Kier molecular flexibility index (Phi) is 16.2. The Morgan fingerprint density at radius 2 is 1.02 bits per heavy atom. The summed E-state index contributed by atoms with van der Waals surface area (Å²) in [6, 6.07) is 9.92. The highest BCUT2D eigenvalue weighted by Crippen LogP contribution is 2.14. The molecule has 2 aromatic carbocycles. The smallest absolute Gasteiger partial charge is 0.326 e. The predicted octanol–water partition coefficient (Wildman–Crippen LogP) is -1.14. The number of aliphatic carboxylic acids is 3. The van der Waals surface area contributed by atoms with Crippen molar-refractivity contribution < 1.29 is 44.1 Å². The lowest BCUT2D eigenvalue weighted by Gasteiger charge is -2.14. The monoisotopic (exact) mass is 910 g/mol. The maximum atomic E-state index is 12.4. The van der Waals surface area contributed by atoms with Crippen molar-refractivity contribution in [2.75, 3.05) is 28.8 Å². The topological polar surface area (TPSA) is 444 Å². The summed E-state index contributed by atoms with van der Waals surface area (Å²) < 4.78 is 0. The summed E-state index contributed by atoms with van der Waals surface area (Å²) in [6.07, 6.45) is 2.13. The molecule has 0 aliphatic heterocycles. The first-order chi connectivity index (χ1) is 31.5. The molecule has 0 aliphatic carbocycles. The molecule has 0 saturated heterocycles. The molecule has 4 aromatic heterocycles. The number of carboxylic acid groups (broad SMARTS) is 3. The van der Waals surface area contributed by atoms with Crippen LogP contribution in [0.2, 0.25) is 0 Å². The van der Waals surface area contributed by atoms with Crippen LogP contribution in [0.1, 0.15) is 57.8 Å². The maximum absolute atomic E-state index is 12.4. The summed E-state index contributed by atoms with van der Waals surface area (Å²) in [7, 11) is 0. The third-order valence-corrected chi connectivity index (χ3v) is 9.03. The van der Waals surface area contributed by atoms with E-state index in [2.05, 4.69) is 66.5 Å². The van der Waals surface area contributed by atoms with Crippen LogP contribution in [0.5, 0.6) is 0 Å². The fourth-order valence-electron chi connectivity index (χ4n) is 5.72. The first-order valence-electron chi connectivity index (χ1n) is 19.5. The molecule has 2 unspecified atom stereocenters. The van der Waals surface area contributed by atoms with E-state index >= 15 is 0 Å². The molecule has 0 bridgehead atoms. The van der Waals surface area contributed by atoms with E-state index in [0.29, 0.717) is 22.8 Å². The predicted molar refractivity (Wildman–Crippen MR) is 233 cm³/mol. The van der Waals surface area contributed by atoms with E-state index in [9.17, 15) is 43.5 Å². The molecule has 0 fully saturated rings. The van der Waals surface area contributed by atoms with Gasteiger partial charge in [0.25, 0.3) is 22.9 Å². The number of carbonyl (C=O) groups excluding carboxylic acids is 3. The Morgan fingerprint density at radius 3 is 1.39 bits per heavy atom. The van der Waals surface area contributed by atoms with Crippen LogP contribution in [0.25, 0.3) is 22.3 Å². The van der Waals surface area contributed by atoms with Crippen molar-refractivity contribution in [1.82, 2.24) is 55.8 Å². The van der Waals surface area contributed by atoms with Gasteiger partial charge in [-0.05, 0) is 61.4 Å². The third kappa shape index (κ3) is 13.7. The highest BCUT2D eigenvalue weighted by molar-refractivity contribution is 5.97. The molecule has 27 nitrogen and oxygen atoms in total. The van der Waals surface area contributed by atoms with Crippen LogP contribution >= 0.6 is 0 Å². The van der Waals surface area contributed by atoms with Gasteiger partial charge in [0, 0.05) is 35.3 Å². The first-order valence-corrected chi connectivity index (χ1v) is 19.5. The van der Waals surface area contributed by atoms with Gasteiger partial charge in [-0.3, -0.25) is 38.7 Å². The number of aromatic nitrogens is 8. The van der Waals surface area contributed by atoms with Crippen molar-refractivity contribution in [3.8, 4) is 0 Å². The Labute approximate surface area is 370 Å². The number of nitrogen functional groups attached to an aromatic ring is 2. The van der Waals surface area contributed by atoms with Crippen LogP contribution in [-0.2, 0) is 32.3 Å². The van der Waals surface area contributed by atoms with Crippen LogP contribution in [0.4, 0.5) is 23.3 Å². The zero-order valence-electron chi connectivity index (χ0n) is 34.4. The number of hydrogen-bond acceptors (Lipinski definition) is 19. The molecule has 0 spiro atoms. The number of H-pyrrole nitrogens is 2. The number of carboxylic acids is 3. The van der Waals surface area contributed by atoms with Gasteiger partial charge in [-0.2, -0.15) is 9.97 Å². The molecule has 4 heterocycles. The van der Waals surface area contributed by atoms with E-state index in [1.807, 2.05) is 0 Å². The van der Waals surface area contributed by atoms with Crippen molar-refractivity contribution in [2.24, 2.45) is 5.73 Å². The van der Waals surface area contributed by atoms with Crippen LogP contribution in [0, 0.1) is 0 Å². The Hall–Kier alpha value is -9.14. The largest absolute Gasteiger partial charge is 0.481 e. The van der Waals surface area contributed by atoms with Crippen LogP contribution < -0.4 is 54.9 Å². The molecule has 6 aromatic rings. The Bertz CT molecular complexity index is 2870. The minimum atomic E-state index is -1.31. The number of fused-ring (bicyclic) bond motifs is 2. The van der Waals surface area contributed by atoms with E-state index in [-0.39, 0.29) is 90.8 Å². The van der Waals surface area contributed by atoms with E-state index in [1.54, 1.807) is 24.3 Å². The number of nitrogens with zero attached hydrogens (tertiary/aromatic N) is 6. The van der Waals surface area contributed by atoms with Gasteiger partial charge < -0.3 is 59.1 Å². The lowest BCUT2D eigenvalue weighted by atomic mass is 10.1. The van der Waals surface area contributed by atoms with Crippen LogP contribution in [-0.4, -0.2) is 110 Å². The number of rotatable bonds is 19.